The first-order valence-electron chi connectivity index (χ1n) is 5.65. The summed E-state index contributed by atoms with van der Waals surface area (Å²) < 4.78 is 5.66. The largest absolute Gasteiger partial charge is 0.456 e. The van der Waals surface area contributed by atoms with Crippen LogP contribution in [0.5, 0.6) is 11.5 Å². The molecule has 19 heavy (non-hydrogen) atoms. The monoisotopic (exact) mass is 315 g/mol. The molecule has 0 saturated heterocycles. The molecule has 0 radical (unpaired) electrons. The summed E-state index contributed by atoms with van der Waals surface area (Å²) in [4.78, 5) is 0. The summed E-state index contributed by atoms with van der Waals surface area (Å²) in [6.07, 6.45) is 0. The zero-order valence-electron chi connectivity index (χ0n) is 10.2. The van der Waals surface area contributed by atoms with Crippen LogP contribution in [0, 0.1) is 0 Å². The van der Waals surface area contributed by atoms with Gasteiger partial charge in [0.05, 0.1) is 5.02 Å². The van der Waals surface area contributed by atoms with E-state index in [4.69, 9.17) is 45.3 Å². The number of ether oxygens (including phenoxy) is 1. The fourth-order valence-corrected chi connectivity index (χ4v) is 2.42. The Hall–Kier alpha value is -0.930. The van der Waals surface area contributed by atoms with Crippen molar-refractivity contribution < 1.29 is 4.74 Å². The molecule has 100 valence electrons. The quantitative estimate of drug-likeness (QED) is 0.816. The van der Waals surface area contributed by atoms with E-state index in [0.29, 0.717) is 26.6 Å². The Kier molecular flexibility index (Phi) is 4.58. The molecule has 2 aromatic rings. The molecule has 0 amide bonds. The van der Waals surface area contributed by atoms with Gasteiger partial charge in [-0.3, -0.25) is 0 Å². The summed E-state index contributed by atoms with van der Waals surface area (Å²) in [6.45, 7) is 1.87. The van der Waals surface area contributed by atoms with Crippen LogP contribution in [0.4, 0.5) is 0 Å². The third kappa shape index (κ3) is 3.54. The number of hydrogen-bond donors (Lipinski definition) is 1. The molecule has 1 unspecified atom stereocenters. The van der Waals surface area contributed by atoms with Gasteiger partial charge in [-0.1, -0.05) is 40.9 Å². The molecule has 0 aliphatic heterocycles. The van der Waals surface area contributed by atoms with E-state index in [9.17, 15) is 0 Å². The normalized spacial score (nSPS) is 12.3. The van der Waals surface area contributed by atoms with Crippen molar-refractivity contribution in [2.45, 2.75) is 13.0 Å². The second-order valence-corrected chi connectivity index (χ2v) is 5.40. The minimum atomic E-state index is -0.124. The molecule has 0 saturated carbocycles. The molecule has 2 N–H and O–H groups in total. The van der Waals surface area contributed by atoms with Crippen LogP contribution < -0.4 is 10.5 Å². The Morgan fingerprint density at radius 2 is 1.74 bits per heavy atom. The number of halogens is 3. The molecular weight excluding hydrogens is 305 g/mol. The Morgan fingerprint density at radius 1 is 1.00 bits per heavy atom. The van der Waals surface area contributed by atoms with E-state index in [-0.39, 0.29) is 6.04 Å². The van der Waals surface area contributed by atoms with Crippen molar-refractivity contribution in [3.8, 4) is 11.5 Å². The maximum atomic E-state index is 6.14. The smallest absolute Gasteiger partial charge is 0.146 e. The minimum absolute atomic E-state index is 0.124. The first-order chi connectivity index (χ1) is 8.97. The predicted octanol–water partition coefficient (Wildman–Crippen LogP) is 5.46. The lowest BCUT2D eigenvalue weighted by Crippen LogP contribution is -2.05. The van der Waals surface area contributed by atoms with Gasteiger partial charge in [-0.15, -0.1) is 0 Å². The van der Waals surface area contributed by atoms with E-state index in [2.05, 4.69) is 0 Å². The van der Waals surface area contributed by atoms with Crippen LogP contribution in [0.2, 0.25) is 15.1 Å². The molecule has 0 bridgehead atoms. The molecule has 0 heterocycles. The highest BCUT2D eigenvalue weighted by atomic mass is 35.5. The molecule has 2 aromatic carbocycles. The summed E-state index contributed by atoms with van der Waals surface area (Å²) in [7, 11) is 0. The Balaban J connectivity index is 2.26. The molecule has 0 aromatic heterocycles. The third-order valence-corrected chi connectivity index (χ3v) is 3.44. The third-order valence-electron chi connectivity index (χ3n) is 2.58. The highest BCUT2D eigenvalue weighted by molar-refractivity contribution is 6.35. The highest BCUT2D eigenvalue weighted by Crippen LogP contribution is 2.33. The summed E-state index contributed by atoms with van der Waals surface area (Å²) in [6, 6.07) is 10.3. The first-order valence-corrected chi connectivity index (χ1v) is 6.78. The standard InChI is InChI=1S/C14H12Cl3NO/c1-8(18)11-4-3-10(7-12(11)16)19-14-5-2-9(15)6-13(14)17/h2-8H,18H2,1H3. The Bertz CT molecular complexity index is 599. The van der Waals surface area contributed by atoms with Crippen molar-refractivity contribution in [2.75, 3.05) is 0 Å². The molecule has 2 nitrogen and oxygen atoms in total. The van der Waals surface area contributed by atoms with Gasteiger partial charge in [0.15, 0.2) is 0 Å². The average molecular weight is 317 g/mol. The summed E-state index contributed by atoms with van der Waals surface area (Å²) in [5.41, 5.74) is 6.67. The minimum Gasteiger partial charge on any atom is -0.456 e. The van der Waals surface area contributed by atoms with E-state index in [0.717, 1.165) is 5.56 Å². The topological polar surface area (TPSA) is 35.2 Å². The molecule has 0 aliphatic rings. The highest BCUT2D eigenvalue weighted by Gasteiger charge is 2.09. The van der Waals surface area contributed by atoms with Gasteiger partial charge in [-0.05, 0) is 42.8 Å². The molecular formula is C14H12Cl3NO. The zero-order chi connectivity index (χ0) is 14.0. The van der Waals surface area contributed by atoms with Gasteiger partial charge in [-0.25, -0.2) is 0 Å². The van der Waals surface area contributed by atoms with Crippen molar-refractivity contribution in [2.24, 2.45) is 5.73 Å². The van der Waals surface area contributed by atoms with E-state index in [1.807, 2.05) is 13.0 Å². The molecule has 2 rings (SSSR count). The van der Waals surface area contributed by atoms with Crippen LogP contribution >= 0.6 is 34.8 Å². The van der Waals surface area contributed by atoms with Gasteiger partial charge in [0.1, 0.15) is 11.5 Å². The first kappa shape index (κ1) is 14.5. The number of hydrogen-bond acceptors (Lipinski definition) is 2. The van der Waals surface area contributed by atoms with E-state index < -0.39 is 0 Å². The number of nitrogens with two attached hydrogens (primary N) is 1. The van der Waals surface area contributed by atoms with Crippen LogP contribution in [0.15, 0.2) is 36.4 Å². The number of rotatable bonds is 3. The maximum absolute atomic E-state index is 6.14. The average Bonchev–Trinajstić information content (AvgIpc) is 2.32. The van der Waals surface area contributed by atoms with Gasteiger partial charge >= 0.3 is 0 Å². The maximum Gasteiger partial charge on any atom is 0.146 e. The molecule has 1 atom stereocenters. The second kappa shape index (κ2) is 6.02. The van der Waals surface area contributed by atoms with Gasteiger partial charge in [-0.2, -0.15) is 0 Å². The predicted molar refractivity (Wildman–Crippen MR) is 80.6 cm³/mol. The number of benzene rings is 2. The van der Waals surface area contributed by atoms with E-state index in [1.54, 1.807) is 30.3 Å². The van der Waals surface area contributed by atoms with Crippen LogP contribution in [-0.4, -0.2) is 0 Å². The fourth-order valence-electron chi connectivity index (χ4n) is 1.63. The molecule has 0 spiro atoms. The van der Waals surface area contributed by atoms with Crippen LogP contribution in [0.3, 0.4) is 0 Å². The van der Waals surface area contributed by atoms with Gasteiger partial charge in [0, 0.05) is 16.1 Å². The second-order valence-electron chi connectivity index (χ2n) is 4.15. The summed E-state index contributed by atoms with van der Waals surface area (Å²) >= 11 is 18.0. The zero-order valence-corrected chi connectivity index (χ0v) is 12.4. The van der Waals surface area contributed by atoms with Crippen LogP contribution in [0.25, 0.3) is 0 Å². The van der Waals surface area contributed by atoms with Crippen molar-refractivity contribution in [3.63, 3.8) is 0 Å². The lowest BCUT2D eigenvalue weighted by Gasteiger charge is -2.12. The van der Waals surface area contributed by atoms with E-state index in [1.165, 1.54) is 0 Å². The van der Waals surface area contributed by atoms with Crippen molar-refractivity contribution in [3.05, 3.63) is 57.0 Å². The molecule has 5 heteroatoms. The van der Waals surface area contributed by atoms with Crippen LogP contribution in [-0.2, 0) is 0 Å². The Labute approximate surface area is 127 Å². The molecule has 0 fully saturated rings. The Morgan fingerprint density at radius 3 is 2.32 bits per heavy atom. The summed E-state index contributed by atoms with van der Waals surface area (Å²) in [5, 5.41) is 1.57. The van der Waals surface area contributed by atoms with Crippen LogP contribution in [0.1, 0.15) is 18.5 Å². The van der Waals surface area contributed by atoms with Crippen molar-refractivity contribution >= 4 is 34.8 Å². The van der Waals surface area contributed by atoms with Crippen molar-refractivity contribution in [1.29, 1.82) is 0 Å². The van der Waals surface area contributed by atoms with Gasteiger partial charge in [0.2, 0.25) is 0 Å². The van der Waals surface area contributed by atoms with E-state index >= 15 is 0 Å². The van der Waals surface area contributed by atoms with Gasteiger partial charge in [0.25, 0.3) is 0 Å². The summed E-state index contributed by atoms with van der Waals surface area (Å²) in [5.74, 6) is 1.12. The lowest BCUT2D eigenvalue weighted by molar-refractivity contribution is 0.482. The molecule has 0 aliphatic carbocycles. The SMILES string of the molecule is CC(N)c1ccc(Oc2ccc(Cl)cc2Cl)cc1Cl. The van der Waals surface area contributed by atoms with Gasteiger partial charge < -0.3 is 10.5 Å². The lowest BCUT2D eigenvalue weighted by atomic mass is 10.1. The fraction of sp³-hybridized carbons (Fsp3) is 0.143. The van der Waals surface area contributed by atoms with Crippen molar-refractivity contribution in [1.82, 2.24) is 0 Å².